The zero-order valence-electron chi connectivity index (χ0n) is 7.54. The number of aliphatic carboxylic acids is 1. The van der Waals surface area contributed by atoms with E-state index in [-0.39, 0.29) is 17.4 Å². The van der Waals surface area contributed by atoms with E-state index in [1.54, 1.807) is 11.4 Å². The lowest BCUT2D eigenvalue weighted by Crippen LogP contribution is -2.61. The molecule has 0 atom stereocenters. The van der Waals surface area contributed by atoms with Crippen LogP contribution in [0.3, 0.4) is 0 Å². The Bertz CT molecular complexity index is 469. The number of sulfone groups is 1. The minimum atomic E-state index is -3.83. The van der Waals surface area contributed by atoms with Crippen molar-refractivity contribution < 1.29 is 23.1 Å². The van der Waals surface area contributed by atoms with Crippen LogP contribution >= 0.6 is 11.3 Å². The average Bonchev–Trinajstić information content (AvgIpc) is 2.50. The Morgan fingerprint density at radius 3 is 2.53 bits per heavy atom. The molecule has 0 unspecified atom stereocenters. The van der Waals surface area contributed by atoms with Gasteiger partial charge >= 0.3 is 5.97 Å². The van der Waals surface area contributed by atoms with Crippen LogP contribution in [0.2, 0.25) is 0 Å². The highest BCUT2D eigenvalue weighted by atomic mass is 32.2. The summed E-state index contributed by atoms with van der Waals surface area (Å²) in [6.45, 7) is -0.550. The maximum atomic E-state index is 12.0. The number of hydrogen-bond acceptors (Lipinski definition) is 5. The molecule has 1 aromatic heterocycles. The zero-order chi connectivity index (χ0) is 11.1. The van der Waals surface area contributed by atoms with Crippen LogP contribution < -0.4 is 0 Å². The van der Waals surface area contributed by atoms with Gasteiger partial charge in [0.15, 0.2) is 0 Å². The SMILES string of the molecule is O=C(O)C1(S(=O)(=O)c2cccs2)COC1. The molecule has 0 radical (unpaired) electrons. The molecule has 1 aromatic rings. The van der Waals surface area contributed by atoms with E-state index in [2.05, 4.69) is 0 Å². The van der Waals surface area contributed by atoms with E-state index in [0.717, 1.165) is 11.3 Å². The summed E-state index contributed by atoms with van der Waals surface area (Å²) in [5.74, 6) is -1.35. The Labute approximate surface area is 90.2 Å². The monoisotopic (exact) mass is 248 g/mol. The van der Waals surface area contributed by atoms with Gasteiger partial charge in [-0.25, -0.2) is 8.42 Å². The molecule has 1 fully saturated rings. The minimum Gasteiger partial charge on any atom is -0.480 e. The number of ether oxygens (including phenoxy) is 1. The number of carboxylic acids is 1. The van der Waals surface area contributed by atoms with E-state index in [1.165, 1.54) is 6.07 Å². The molecule has 1 N–H and O–H groups in total. The predicted molar refractivity (Wildman–Crippen MR) is 52.7 cm³/mol. The Hall–Kier alpha value is -0.920. The van der Waals surface area contributed by atoms with Gasteiger partial charge in [0.05, 0.1) is 13.2 Å². The van der Waals surface area contributed by atoms with Crippen LogP contribution in [0, 0.1) is 0 Å². The van der Waals surface area contributed by atoms with Crippen molar-refractivity contribution in [2.45, 2.75) is 8.96 Å². The van der Waals surface area contributed by atoms with Crippen molar-refractivity contribution in [3.05, 3.63) is 17.5 Å². The van der Waals surface area contributed by atoms with Gasteiger partial charge < -0.3 is 9.84 Å². The van der Waals surface area contributed by atoms with Crippen molar-refractivity contribution in [2.24, 2.45) is 0 Å². The van der Waals surface area contributed by atoms with Gasteiger partial charge in [0.2, 0.25) is 14.6 Å². The van der Waals surface area contributed by atoms with Crippen LogP contribution in [-0.2, 0) is 19.4 Å². The van der Waals surface area contributed by atoms with Crippen LogP contribution in [0.1, 0.15) is 0 Å². The molecule has 0 spiro atoms. The van der Waals surface area contributed by atoms with Crippen LogP contribution in [-0.4, -0.2) is 37.5 Å². The normalized spacial score (nSPS) is 19.5. The Kier molecular flexibility index (Phi) is 2.32. The fourth-order valence-electron chi connectivity index (χ4n) is 1.29. The summed E-state index contributed by atoms with van der Waals surface area (Å²) in [6.07, 6.45) is 0. The molecule has 82 valence electrons. The fourth-order valence-corrected chi connectivity index (χ4v) is 4.24. The van der Waals surface area contributed by atoms with Gasteiger partial charge in [0.1, 0.15) is 4.21 Å². The summed E-state index contributed by atoms with van der Waals surface area (Å²) < 4.78 is 27.0. The van der Waals surface area contributed by atoms with Crippen LogP contribution in [0.5, 0.6) is 0 Å². The first-order valence-electron chi connectivity index (χ1n) is 4.10. The van der Waals surface area contributed by atoms with E-state index in [1.807, 2.05) is 0 Å². The van der Waals surface area contributed by atoms with Crippen LogP contribution in [0.4, 0.5) is 0 Å². The highest BCUT2D eigenvalue weighted by molar-refractivity contribution is 7.95. The molecule has 0 aliphatic carbocycles. The molecule has 2 heterocycles. The Morgan fingerprint density at radius 2 is 2.20 bits per heavy atom. The summed E-state index contributed by atoms with van der Waals surface area (Å²) in [6, 6.07) is 2.98. The second kappa shape index (κ2) is 3.29. The number of hydrogen-bond donors (Lipinski definition) is 1. The van der Waals surface area contributed by atoms with Crippen LogP contribution in [0.25, 0.3) is 0 Å². The highest BCUT2D eigenvalue weighted by Crippen LogP contribution is 2.34. The van der Waals surface area contributed by atoms with Crippen molar-refractivity contribution in [1.29, 1.82) is 0 Å². The average molecular weight is 248 g/mol. The lowest BCUT2D eigenvalue weighted by atomic mass is 10.1. The molecule has 15 heavy (non-hydrogen) atoms. The van der Waals surface area contributed by atoms with Crippen molar-refractivity contribution in [3.63, 3.8) is 0 Å². The molecule has 1 aliphatic rings. The summed E-state index contributed by atoms with van der Waals surface area (Å²) in [5.41, 5.74) is 0. The topological polar surface area (TPSA) is 80.7 Å². The first-order valence-corrected chi connectivity index (χ1v) is 6.46. The van der Waals surface area contributed by atoms with Crippen molar-refractivity contribution in [1.82, 2.24) is 0 Å². The first kappa shape index (κ1) is 10.6. The fraction of sp³-hybridized carbons (Fsp3) is 0.375. The quantitative estimate of drug-likeness (QED) is 0.836. The van der Waals surface area contributed by atoms with E-state index >= 15 is 0 Å². The van der Waals surface area contributed by atoms with Gasteiger partial charge in [0.25, 0.3) is 0 Å². The lowest BCUT2D eigenvalue weighted by Gasteiger charge is -2.35. The summed E-state index contributed by atoms with van der Waals surface area (Å²) >= 11 is 1.02. The minimum absolute atomic E-state index is 0.0770. The summed E-state index contributed by atoms with van der Waals surface area (Å²) in [4.78, 5) is 11.0. The van der Waals surface area contributed by atoms with Gasteiger partial charge in [-0.05, 0) is 11.4 Å². The number of rotatable bonds is 3. The third-order valence-corrected chi connectivity index (χ3v) is 6.05. The molecule has 1 aliphatic heterocycles. The largest absolute Gasteiger partial charge is 0.480 e. The Balaban J connectivity index is 2.50. The zero-order valence-corrected chi connectivity index (χ0v) is 9.18. The molecular weight excluding hydrogens is 240 g/mol. The van der Waals surface area contributed by atoms with Crippen molar-refractivity contribution in [2.75, 3.05) is 13.2 Å². The first-order chi connectivity index (χ1) is 7.01. The maximum absolute atomic E-state index is 12.0. The molecule has 0 aromatic carbocycles. The van der Waals surface area contributed by atoms with Crippen molar-refractivity contribution >= 4 is 27.1 Å². The van der Waals surface area contributed by atoms with Crippen LogP contribution in [0.15, 0.2) is 21.7 Å². The predicted octanol–water partition coefficient (Wildman–Crippen LogP) is 0.375. The van der Waals surface area contributed by atoms with E-state index in [0.29, 0.717) is 0 Å². The van der Waals surface area contributed by atoms with E-state index in [4.69, 9.17) is 9.84 Å². The lowest BCUT2D eigenvalue weighted by molar-refractivity contribution is -0.152. The number of thiophene rings is 1. The second-order valence-electron chi connectivity index (χ2n) is 3.23. The van der Waals surface area contributed by atoms with E-state index < -0.39 is 20.6 Å². The van der Waals surface area contributed by atoms with Crippen molar-refractivity contribution in [3.8, 4) is 0 Å². The highest BCUT2D eigenvalue weighted by Gasteiger charge is 2.58. The molecule has 0 amide bonds. The molecule has 2 rings (SSSR count). The summed E-state index contributed by atoms with van der Waals surface area (Å²) in [7, 11) is -3.83. The Morgan fingerprint density at radius 1 is 1.53 bits per heavy atom. The van der Waals surface area contributed by atoms with Gasteiger partial charge in [0, 0.05) is 0 Å². The molecule has 0 saturated carbocycles. The third kappa shape index (κ3) is 1.30. The van der Waals surface area contributed by atoms with Gasteiger partial charge in [-0.1, -0.05) is 6.07 Å². The van der Waals surface area contributed by atoms with Gasteiger partial charge in [-0.3, -0.25) is 4.79 Å². The molecule has 1 saturated heterocycles. The second-order valence-corrected chi connectivity index (χ2v) is 6.66. The third-order valence-electron chi connectivity index (χ3n) is 2.33. The molecule has 5 nitrogen and oxygen atoms in total. The maximum Gasteiger partial charge on any atom is 0.330 e. The van der Waals surface area contributed by atoms with Gasteiger partial charge in [-0.15, -0.1) is 11.3 Å². The van der Waals surface area contributed by atoms with Gasteiger partial charge in [-0.2, -0.15) is 0 Å². The smallest absolute Gasteiger partial charge is 0.330 e. The molecule has 0 bridgehead atoms. The molecule has 7 heteroatoms. The standard InChI is InChI=1S/C8H8O5S2/c9-7(10)8(4-13-5-8)15(11,12)6-2-1-3-14-6/h1-3H,4-5H2,(H,9,10). The number of carbonyl (C=O) groups is 1. The summed E-state index contributed by atoms with van der Waals surface area (Å²) in [5, 5.41) is 10.6. The molecular formula is C8H8O5S2. The van der Waals surface area contributed by atoms with E-state index in [9.17, 15) is 13.2 Å². The number of carboxylic acid groups (broad SMARTS) is 1.